The molecule has 2 aromatic rings. The van der Waals surface area contributed by atoms with Crippen LogP contribution in [0, 0.1) is 0 Å². The second-order valence-electron chi connectivity index (χ2n) is 3.91. The predicted octanol–water partition coefficient (Wildman–Crippen LogP) is 2.85. The third-order valence-corrected chi connectivity index (χ3v) is 2.76. The van der Waals surface area contributed by atoms with E-state index in [1.165, 1.54) is 6.07 Å². The minimum Gasteiger partial charge on any atom is -0.478 e. The van der Waals surface area contributed by atoms with Crippen LogP contribution in [0.25, 0.3) is 0 Å². The van der Waals surface area contributed by atoms with Crippen molar-refractivity contribution in [2.75, 3.05) is 0 Å². The van der Waals surface area contributed by atoms with Gasteiger partial charge in [0.15, 0.2) is 11.5 Å². The Bertz CT molecular complexity index is 581. The largest absolute Gasteiger partial charge is 0.478 e. The SMILES string of the molecule is O=C(O)c1ccccc1C1Oc2ccccc2O1. The number of benzene rings is 2. The highest BCUT2D eigenvalue weighted by molar-refractivity contribution is 5.89. The number of hydrogen-bond donors (Lipinski definition) is 1. The molecule has 0 radical (unpaired) electrons. The summed E-state index contributed by atoms with van der Waals surface area (Å²) in [5.74, 6) is 0.263. The van der Waals surface area contributed by atoms with Gasteiger partial charge in [-0.2, -0.15) is 0 Å². The molecule has 0 aliphatic carbocycles. The van der Waals surface area contributed by atoms with Crippen molar-refractivity contribution in [3.05, 3.63) is 59.7 Å². The van der Waals surface area contributed by atoms with Crippen LogP contribution in [0.1, 0.15) is 22.2 Å². The normalized spacial score (nSPS) is 13.6. The van der Waals surface area contributed by atoms with E-state index in [4.69, 9.17) is 14.6 Å². The lowest BCUT2D eigenvalue weighted by atomic mass is 10.1. The Morgan fingerprint density at radius 3 is 2.11 bits per heavy atom. The number of carboxylic acids is 1. The summed E-state index contributed by atoms with van der Waals surface area (Å²) in [5, 5.41) is 9.13. The van der Waals surface area contributed by atoms with E-state index in [0.717, 1.165) is 0 Å². The zero-order valence-corrected chi connectivity index (χ0v) is 9.37. The first-order chi connectivity index (χ1) is 8.75. The van der Waals surface area contributed by atoms with E-state index < -0.39 is 12.3 Å². The Hall–Kier alpha value is -2.49. The Morgan fingerprint density at radius 2 is 1.50 bits per heavy atom. The van der Waals surface area contributed by atoms with E-state index in [1.54, 1.807) is 30.3 Å². The molecule has 4 nitrogen and oxygen atoms in total. The third-order valence-electron chi connectivity index (χ3n) is 2.76. The molecule has 0 amide bonds. The summed E-state index contributed by atoms with van der Waals surface area (Å²) in [5.41, 5.74) is 0.705. The fourth-order valence-electron chi connectivity index (χ4n) is 1.92. The topological polar surface area (TPSA) is 55.8 Å². The minimum atomic E-state index is -0.992. The molecule has 0 unspecified atom stereocenters. The number of para-hydroxylation sites is 2. The average molecular weight is 242 g/mol. The highest BCUT2D eigenvalue weighted by Crippen LogP contribution is 2.40. The number of aromatic carboxylic acids is 1. The first kappa shape index (κ1) is 10.7. The number of carbonyl (C=O) groups is 1. The van der Waals surface area contributed by atoms with Gasteiger partial charge in [-0.15, -0.1) is 0 Å². The van der Waals surface area contributed by atoms with E-state index in [-0.39, 0.29) is 5.56 Å². The van der Waals surface area contributed by atoms with Crippen LogP contribution in [-0.4, -0.2) is 11.1 Å². The molecule has 0 bridgehead atoms. The van der Waals surface area contributed by atoms with Crippen LogP contribution in [0.5, 0.6) is 11.5 Å². The Kier molecular flexibility index (Phi) is 2.41. The molecule has 1 aliphatic rings. The predicted molar refractivity (Wildman–Crippen MR) is 63.8 cm³/mol. The number of carboxylic acid groups (broad SMARTS) is 1. The lowest BCUT2D eigenvalue weighted by molar-refractivity contribution is 0.0451. The maximum Gasteiger partial charge on any atom is 0.336 e. The van der Waals surface area contributed by atoms with Gasteiger partial charge in [-0.25, -0.2) is 4.79 Å². The van der Waals surface area contributed by atoms with Crippen LogP contribution >= 0.6 is 0 Å². The van der Waals surface area contributed by atoms with Gasteiger partial charge in [-0.3, -0.25) is 0 Å². The molecule has 0 aromatic heterocycles. The molecule has 0 atom stereocenters. The fraction of sp³-hybridized carbons (Fsp3) is 0.0714. The number of fused-ring (bicyclic) bond motifs is 1. The van der Waals surface area contributed by atoms with Crippen LogP contribution in [0.3, 0.4) is 0 Å². The summed E-state index contributed by atoms with van der Waals surface area (Å²) in [6.45, 7) is 0. The number of hydrogen-bond acceptors (Lipinski definition) is 3. The van der Waals surface area contributed by atoms with Gasteiger partial charge >= 0.3 is 5.97 Å². The fourth-order valence-corrected chi connectivity index (χ4v) is 1.92. The monoisotopic (exact) mass is 242 g/mol. The van der Waals surface area contributed by atoms with Gasteiger partial charge in [0.2, 0.25) is 0 Å². The van der Waals surface area contributed by atoms with Crippen molar-refractivity contribution in [3.8, 4) is 11.5 Å². The molecule has 1 heterocycles. The van der Waals surface area contributed by atoms with Gasteiger partial charge in [-0.05, 0) is 18.2 Å². The second-order valence-corrected chi connectivity index (χ2v) is 3.91. The summed E-state index contributed by atoms with van der Waals surface area (Å²) in [6, 6.07) is 13.9. The van der Waals surface area contributed by atoms with Gasteiger partial charge in [0, 0.05) is 5.56 Å². The summed E-state index contributed by atoms with van der Waals surface area (Å²) in [4.78, 5) is 11.1. The third kappa shape index (κ3) is 1.68. The molecule has 2 aromatic carbocycles. The van der Waals surface area contributed by atoms with Crippen LogP contribution in [0.2, 0.25) is 0 Å². The van der Waals surface area contributed by atoms with Crippen LogP contribution in [0.15, 0.2) is 48.5 Å². The summed E-state index contributed by atoms with van der Waals surface area (Å²) in [6.07, 6.45) is -0.699. The van der Waals surface area contributed by atoms with E-state index in [0.29, 0.717) is 17.1 Å². The highest BCUT2D eigenvalue weighted by Gasteiger charge is 2.28. The molecule has 18 heavy (non-hydrogen) atoms. The first-order valence-electron chi connectivity index (χ1n) is 5.50. The van der Waals surface area contributed by atoms with Crippen molar-refractivity contribution in [1.29, 1.82) is 0 Å². The second kappa shape index (κ2) is 4.07. The van der Waals surface area contributed by atoms with E-state index in [1.807, 2.05) is 12.1 Å². The molecule has 1 aliphatic heterocycles. The van der Waals surface area contributed by atoms with E-state index in [9.17, 15) is 4.79 Å². The molecular weight excluding hydrogens is 232 g/mol. The van der Waals surface area contributed by atoms with Crippen LogP contribution in [-0.2, 0) is 0 Å². The van der Waals surface area contributed by atoms with Gasteiger partial charge in [0.1, 0.15) is 0 Å². The molecular formula is C14H10O4. The molecule has 1 N–H and O–H groups in total. The van der Waals surface area contributed by atoms with Crippen molar-refractivity contribution in [2.24, 2.45) is 0 Å². The van der Waals surface area contributed by atoms with Gasteiger partial charge < -0.3 is 14.6 Å². The molecule has 90 valence electrons. The highest BCUT2D eigenvalue weighted by atomic mass is 16.7. The maximum atomic E-state index is 11.1. The van der Waals surface area contributed by atoms with Crippen molar-refractivity contribution in [2.45, 2.75) is 6.29 Å². The number of ether oxygens (including phenoxy) is 2. The van der Waals surface area contributed by atoms with E-state index >= 15 is 0 Å². The van der Waals surface area contributed by atoms with Crippen molar-refractivity contribution in [1.82, 2.24) is 0 Å². The average Bonchev–Trinajstić information content (AvgIpc) is 2.82. The Morgan fingerprint density at radius 1 is 0.944 bits per heavy atom. The standard InChI is InChI=1S/C14H10O4/c15-13(16)9-5-1-2-6-10(9)14-17-11-7-3-4-8-12(11)18-14/h1-8,14H,(H,15,16). The summed E-state index contributed by atoms with van der Waals surface area (Å²) in [7, 11) is 0. The quantitative estimate of drug-likeness (QED) is 0.879. The van der Waals surface area contributed by atoms with Crippen LogP contribution < -0.4 is 9.47 Å². The van der Waals surface area contributed by atoms with E-state index in [2.05, 4.69) is 0 Å². The number of rotatable bonds is 2. The Balaban J connectivity index is 1.98. The Labute approximate surface area is 103 Å². The maximum absolute atomic E-state index is 11.1. The molecule has 4 heteroatoms. The van der Waals surface area contributed by atoms with Crippen molar-refractivity contribution >= 4 is 5.97 Å². The molecule has 0 fully saturated rings. The summed E-state index contributed by atoms with van der Waals surface area (Å²) < 4.78 is 11.2. The zero-order valence-electron chi connectivity index (χ0n) is 9.37. The van der Waals surface area contributed by atoms with Crippen molar-refractivity contribution in [3.63, 3.8) is 0 Å². The molecule has 3 rings (SSSR count). The summed E-state index contributed by atoms with van der Waals surface area (Å²) >= 11 is 0. The lowest BCUT2D eigenvalue weighted by Crippen LogP contribution is -2.13. The lowest BCUT2D eigenvalue weighted by Gasteiger charge is -2.12. The smallest absolute Gasteiger partial charge is 0.336 e. The molecule has 0 saturated carbocycles. The first-order valence-corrected chi connectivity index (χ1v) is 5.50. The molecule has 0 saturated heterocycles. The minimum absolute atomic E-state index is 0.190. The zero-order chi connectivity index (χ0) is 12.5. The van der Waals surface area contributed by atoms with Crippen LogP contribution in [0.4, 0.5) is 0 Å². The molecule has 0 spiro atoms. The van der Waals surface area contributed by atoms with Crippen molar-refractivity contribution < 1.29 is 19.4 Å². The van der Waals surface area contributed by atoms with Gasteiger partial charge in [-0.1, -0.05) is 30.3 Å². The van der Waals surface area contributed by atoms with Gasteiger partial charge in [0.25, 0.3) is 6.29 Å². The van der Waals surface area contributed by atoms with Gasteiger partial charge in [0.05, 0.1) is 5.56 Å².